The summed E-state index contributed by atoms with van der Waals surface area (Å²) in [6, 6.07) is 3.06. The Morgan fingerprint density at radius 1 is 1.46 bits per heavy atom. The molecule has 5 nitrogen and oxygen atoms in total. The molecule has 1 aromatic rings. The van der Waals surface area contributed by atoms with E-state index in [2.05, 4.69) is 11.9 Å². The molecule has 0 saturated carbocycles. The van der Waals surface area contributed by atoms with Gasteiger partial charge in [-0.15, -0.1) is 0 Å². The number of nitrogens with zero attached hydrogens (tertiary/aromatic N) is 1. The van der Waals surface area contributed by atoms with Gasteiger partial charge in [-0.1, -0.05) is 6.07 Å². The van der Waals surface area contributed by atoms with Gasteiger partial charge in [0.25, 0.3) is 5.91 Å². The lowest BCUT2D eigenvalue weighted by atomic mass is 10.2. The van der Waals surface area contributed by atoms with E-state index in [4.69, 9.17) is 16.9 Å². The zero-order valence-electron chi connectivity index (χ0n) is 6.87. The van der Waals surface area contributed by atoms with Crippen molar-refractivity contribution in [2.45, 2.75) is 0 Å². The summed E-state index contributed by atoms with van der Waals surface area (Å²) in [5.41, 5.74) is 10.9. The number of hydrogen-bond donors (Lipinski definition) is 3. The van der Waals surface area contributed by atoms with Gasteiger partial charge in [0, 0.05) is 0 Å². The number of carbonyl (C=O) groups excluding carboxylic acids is 1. The molecular weight excluding hydrogens is 168 g/mol. The predicted molar refractivity (Wildman–Crippen MR) is 48.2 cm³/mol. The Morgan fingerprint density at radius 2 is 2.08 bits per heavy atom. The summed E-state index contributed by atoms with van der Waals surface area (Å²) in [5, 5.41) is 7.09. The number of nitrogen functional groups attached to an aromatic ring is 1. The average molecular weight is 177 g/mol. The lowest BCUT2D eigenvalue weighted by Crippen LogP contribution is -2.19. The smallest absolute Gasteiger partial charge is 0.267 e. The highest BCUT2D eigenvalue weighted by molar-refractivity contribution is 5.97. The topological polar surface area (TPSA) is 106 Å². The van der Waals surface area contributed by atoms with Gasteiger partial charge < -0.3 is 11.5 Å². The van der Waals surface area contributed by atoms with Gasteiger partial charge in [0.1, 0.15) is 17.2 Å². The molecule has 0 saturated heterocycles. The summed E-state index contributed by atoms with van der Waals surface area (Å²) >= 11 is 0. The number of amides is 1. The first-order valence-electron chi connectivity index (χ1n) is 3.49. The number of pyridine rings is 1. The van der Waals surface area contributed by atoms with E-state index in [1.165, 1.54) is 6.07 Å². The van der Waals surface area contributed by atoms with Crippen molar-refractivity contribution in [3.8, 4) is 0 Å². The van der Waals surface area contributed by atoms with E-state index in [0.717, 1.165) is 0 Å². The molecule has 1 rings (SSSR count). The zero-order chi connectivity index (χ0) is 10.0. The van der Waals surface area contributed by atoms with Crippen molar-refractivity contribution in [3.05, 3.63) is 36.0 Å². The van der Waals surface area contributed by atoms with Crippen LogP contribution in [0.15, 0.2) is 12.1 Å². The number of nitrogens with one attached hydrogen (secondary N) is 1. The fourth-order valence-corrected chi connectivity index (χ4v) is 0.851. The highest BCUT2D eigenvalue weighted by Gasteiger charge is 2.08. The molecule has 0 atom stereocenters. The molecule has 13 heavy (non-hydrogen) atoms. The third-order valence-electron chi connectivity index (χ3n) is 1.49. The van der Waals surface area contributed by atoms with Crippen molar-refractivity contribution in [2.75, 3.05) is 0 Å². The van der Waals surface area contributed by atoms with Crippen LogP contribution in [0, 0.1) is 12.3 Å². The molecule has 0 bridgehead atoms. The van der Waals surface area contributed by atoms with Crippen LogP contribution in [0.1, 0.15) is 21.7 Å². The van der Waals surface area contributed by atoms with Crippen molar-refractivity contribution in [1.29, 1.82) is 5.41 Å². The van der Waals surface area contributed by atoms with Crippen LogP contribution < -0.4 is 11.5 Å². The predicted octanol–water partition coefficient (Wildman–Crippen LogP) is -0.353. The van der Waals surface area contributed by atoms with Gasteiger partial charge in [-0.25, -0.2) is 4.98 Å². The Hall–Kier alpha value is -1.91. The Labute approximate surface area is 75.3 Å². The average Bonchev–Trinajstić information content (AvgIpc) is 2.04. The van der Waals surface area contributed by atoms with E-state index >= 15 is 0 Å². The highest BCUT2D eigenvalue weighted by atomic mass is 16.1. The number of hydrogen-bond acceptors (Lipinski definition) is 3. The summed E-state index contributed by atoms with van der Waals surface area (Å²) in [7, 11) is 0. The molecule has 0 fully saturated rings. The quantitative estimate of drug-likeness (QED) is 0.424. The number of nitrogens with two attached hydrogens (primary N) is 2. The molecule has 0 aliphatic heterocycles. The van der Waals surface area contributed by atoms with Gasteiger partial charge in [-0.05, 0) is 18.6 Å². The van der Waals surface area contributed by atoms with Crippen molar-refractivity contribution in [2.24, 2.45) is 11.5 Å². The molecule has 0 spiro atoms. The maximum Gasteiger partial charge on any atom is 0.267 e. The number of carbonyl (C=O) groups is 1. The van der Waals surface area contributed by atoms with Gasteiger partial charge >= 0.3 is 0 Å². The van der Waals surface area contributed by atoms with Crippen LogP contribution in [0.3, 0.4) is 0 Å². The SMILES string of the molecule is [CH2]c1ccc(C(=N)N)nc1C(N)=O. The molecule has 1 aromatic heterocycles. The van der Waals surface area contributed by atoms with E-state index in [9.17, 15) is 4.79 Å². The zero-order valence-corrected chi connectivity index (χ0v) is 6.87. The molecule has 1 heterocycles. The maximum absolute atomic E-state index is 10.8. The van der Waals surface area contributed by atoms with Gasteiger partial charge in [0.2, 0.25) is 0 Å². The molecule has 5 heteroatoms. The number of aromatic nitrogens is 1. The Balaban J connectivity index is 3.27. The standard InChI is InChI=1S/C8H9N4O/c1-4-2-3-5(7(9)10)12-6(4)8(11)13/h2-3H,1H2,(H3,9,10)(H2,11,13). The van der Waals surface area contributed by atoms with Crippen LogP contribution >= 0.6 is 0 Å². The highest BCUT2D eigenvalue weighted by Crippen LogP contribution is 2.05. The number of amidine groups is 1. The second-order valence-corrected chi connectivity index (χ2v) is 2.48. The molecular formula is C8H9N4O. The normalized spacial score (nSPS) is 9.62. The summed E-state index contributed by atoms with van der Waals surface area (Å²) in [6.45, 7) is 3.57. The molecule has 1 amide bonds. The van der Waals surface area contributed by atoms with Crippen molar-refractivity contribution in [1.82, 2.24) is 4.98 Å². The van der Waals surface area contributed by atoms with Gasteiger partial charge in [-0.2, -0.15) is 0 Å². The van der Waals surface area contributed by atoms with Crippen LogP contribution in [-0.4, -0.2) is 16.7 Å². The van der Waals surface area contributed by atoms with Crippen molar-refractivity contribution < 1.29 is 4.79 Å². The first-order chi connectivity index (χ1) is 6.02. The Kier molecular flexibility index (Phi) is 2.27. The Bertz CT molecular complexity index is 372. The second kappa shape index (κ2) is 3.22. The lowest BCUT2D eigenvalue weighted by Gasteiger charge is -2.02. The Morgan fingerprint density at radius 3 is 2.54 bits per heavy atom. The molecule has 0 aliphatic carbocycles. The van der Waals surface area contributed by atoms with Gasteiger partial charge in [-0.3, -0.25) is 10.2 Å². The number of primary amides is 1. The molecule has 0 unspecified atom stereocenters. The minimum atomic E-state index is -0.673. The fraction of sp³-hybridized carbons (Fsp3) is 0. The van der Waals surface area contributed by atoms with E-state index in [1.54, 1.807) is 6.07 Å². The van der Waals surface area contributed by atoms with E-state index in [1.807, 2.05) is 0 Å². The van der Waals surface area contributed by atoms with Crippen LogP contribution in [0.4, 0.5) is 0 Å². The van der Waals surface area contributed by atoms with Gasteiger partial charge in [0.15, 0.2) is 0 Å². The largest absolute Gasteiger partial charge is 0.382 e. The molecule has 0 aliphatic rings. The van der Waals surface area contributed by atoms with Crippen molar-refractivity contribution in [3.63, 3.8) is 0 Å². The monoisotopic (exact) mass is 177 g/mol. The molecule has 0 aromatic carbocycles. The fourth-order valence-electron chi connectivity index (χ4n) is 0.851. The van der Waals surface area contributed by atoms with Crippen LogP contribution in [0.2, 0.25) is 0 Å². The number of rotatable bonds is 2. The lowest BCUT2D eigenvalue weighted by molar-refractivity contribution is 0.0995. The summed E-state index contributed by atoms with van der Waals surface area (Å²) < 4.78 is 0. The second-order valence-electron chi connectivity index (χ2n) is 2.48. The van der Waals surface area contributed by atoms with Crippen LogP contribution in [0.5, 0.6) is 0 Å². The van der Waals surface area contributed by atoms with Crippen LogP contribution in [0.25, 0.3) is 0 Å². The molecule has 1 radical (unpaired) electrons. The van der Waals surface area contributed by atoms with E-state index in [-0.39, 0.29) is 17.2 Å². The van der Waals surface area contributed by atoms with E-state index in [0.29, 0.717) is 5.56 Å². The maximum atomic E-state index is 10.8. The van der Waals surface area contributed by atoms with Crippen LogP contribution in [-0.2, 0) is 0 Å². The third kappa shape index (κ3) is 1.81. The summed E-state index contributed by atoms with van der Waals surface area (Å²) in [4.78, 5) is 14.6. The minimum Gasteiger partial charge on any atom is -0.382 e. The van der Waals surface area contributed by atoms with Gasteiger partial charge in [0.05, 0.1) is 0 Å². The molecule has 5 N–H and O–H groups in total. The van der Waals surface area contributed by atoms with E-state index < -0.39 is 5.91 Å². The molecule has 67 valence electrons. The van der Waals surface area contributed by atoms with Crippen molar-refractivity contribution >= 4 is 11.7 Å². The minimum absolute atomic E-state index is 0.0488. The first-order valence-corrected chi connectivity index (χ1v) is 3.49. The summed E-state index contributed by atoms with van der Waals surface area (Å²) in [6.07, 6.45) is 0. The summed E-state index contributed by atoms with van der Waals surface area (Å²) in [5.74, 6) is -0.879. The third-order valence-corrected chi connectivity index (χ3v) is 1.49. The first kappa shape index (κ1) is 9.18.